The quantitative estimate of drug-likeness (QED) is 0.278. The van der Waals surface area contributed by atoms with Crippen LogP contribution in [0.2, 0.25) is 0 Å². The van der Waals surface area contributed by atoms with Gasteiger partial charge in [0.05, 0.1) is 12.7 Å². The summed E-state index contributed by atoms with van der Waals surface area (Å²) in [7, 11) is 0. The average molecular weight is 452 g/mol. The van der Waals surface area contributed by atoms with Crippen LogP contribution in [-0.4, -0.2) is 34.9 Å². The molecule has 2 aromatic rings. The van der Waals surface area contributed by atoms with E-state index in [2.05, 4.69) is 37.7 Å². The first-order chi connectivity index (χ1) is 11.7. The van der Waals surface area contributed by atoms with E-state index in [-0.39, 0.29) is 35.6 Å². The van der Waals surface area contributed by atoms with Gasteiger partial charge in [-0.3, -0.25) is 14.8 Å². The van der Waals surface area contributed by atoms with Crippen LogP contribution in [0.4, 0.5) is 5.69 Å². The van der Waals surface area contributed by atoms with Gasteiger partial charge in [-0.2, -0.15) is 0 Å². The maximum absolute atomic E-state index is 11.8. The highest BCUT2D eigenvalue weighted by Gasteiger charge is 2.10. The van der Waals surface area contributed by atoms with E-state index in [9.17, 15) is 4.79 Å². The third kappa shape index (κ3) is 5.38. The predicted octanol–water partition coefficient (Wildman–Crippen LogP) is 1.74. The zero-order valence-corrected chi connectivity index (χ0v) is 16.1. The number of anilines is 1. The number of halogens is 1. The number of nitrogens with zero attached hydrogens (tertiary/aromatic N) is 3. The lowest BCUT2D eigenvalue weighted by Crippen LogP contribution is -2.29. The summed E-state index contributed by atoms with van der Waals surface area (Å²) in [5.41, 5.74) is 9.91. The van der Waals surface area contributed by atoms with Crippen molar-refractivity contribution in [2.24, 2.45) is 10.7 Å². The highest BCUT2D eigenvalue weighted by Crippen LogP contribution is 2.24. The van der Waals surface area contributed by atoms with Crippen molar-refractivity contribution in [3.8, 4) is 0 Å². The Labute approximate surface area is 163 Å². The van der Waals surface area contributed by atoms with E-state index in [1.807, 2.05) is 6.07 Å². The molecule has 0 bridgehead atoms. The minimum Gasteiger partial charge on any atom is -0.370 e. The van der Waals surface area contributed by atoms with Crippen molar-refractivity contribution in [1.29, 1.82) is 0 Å². The lowest BCUT2D eigenvalue weighted by Gasteiger charge is -2.08. The predicted molar refractivity (Wildman–Crippen MR) is 108 cm³/mol. The van der Waals surface area contributed by atoms with Gasteiger partial charge in [0.25, 0.3) is 5.91 Å². The fourth-order valence-corrected chi connectivity index (χ4v) is 2.69. The maximum Gasteiger partial charge on any atom is 0.271 e. The third-order valence-corrected chi connectivity index (χ3v) is 3.85. The minimum atomic E-state index is -0.275. The second-order valence-corrected chi connectivity index (χ2v) is 5.58. The number of hydrogen-bond acceptors (Lipinski definition) is 4. The normalized spacial score (nSPS) is 12.9. The summed E-state index contributed by atoms with van der Waals surface area (Å²) >= 11 is 0. The molecule has 0 radical (unpaired) electrons. The van der Waals surface area contributed by atoms with E-state index >= 15 is 0 Å². The fraction of sp³-hybridized carbons (Fsp3) is 0.294. The molecule has 1 aliphatic rings. The summed E-state index contributed by atoms with van der Waals surface area (Å²) in [4.78, 5) is 23.8. The van der Waals surface area contributed by atoms with Gasteiger partial charge in [-0.05, 0) is 42.5 Å². The molecule has 0 saturated heterocycles. The van der Waals surface area contributed by atoms with Gasteiger partial charge in [0.15, 0.2) is 5.96 Å². The van der Waals surface area contributed by atoms with Crippen LogP contribution in [-0.2, 0) is 12.8 Å². The number of nitrogens with two attached hydrogens (primary N) is 1. The molecule has 1 aliphatic carbocycles. The van der Waals surface area contributed by atoms with Crippen LogP contribution >= 0.6 is 24.0 Å². The van der Waals surface area contributed by atoms with Crippen molar-refractivity contribution >= 4 is 41.5 Å². The van der Waals surface area contributed by atoms with Crippen molar-refractivity contribution in [3.05, 3.63) is 53.6 Å². The number of aromatic nitrogens is 2. The molecule has 1 amide bonds. The average Bonchev–Trinajstić information content (AvgIpc) is 3.07. The summed E-state index contributed by atoms with van der Waals surface area (Å²) < 4.78 is 0. The van der Waals surface area contributed by atoms with Gasteiger partial charge in [-0.15, -0.1) is 24.0 Å². The summed E-state index contributed by atoms with van der Waals surface area (Å²) in [5, 5.41) is 5.80. The van der Waals surface area contributed by atoms with Gasteiger partial charge in [-0.25, -0.2) is 4.98 Å². The number of guanidine groups is 1. The largest absolute Gasteiger partial charge is 0.370 e. The molecule has 0 unspecified atom stereocenters. The van der Waals surface area contributed by atoms with E-state index in [1.165, 1.54) is 36.1 Å². The number of aliphatic imine (C=N–C) groups is 1. The molecule has 3 rings (SSSR count). The number of aryl methyl sites for hydroxylation is 2. The van der Waals surface area contributed by atoms with E-state index in [4.69, 9.17) is 5.73 Å². The van der Waals surface area contributed by atoms with Crippen LogP contribution in [0.25, 0.3) is 0 Å². The molecule has 1 aromatic heterocycles. The fourth-order valence-electron chi connectivity index (χ4n) is 2.69. The lowest BCUT2D eigenvalue weighted by molar-refractivity contribution is 0.0949. The lowest BCUT2D eigenvalue weighted by atomic mass is 10.1. The molecule has 7 nitrogen and oxygen atoms in total. The van der Waals surface area contributed by atoms with Gasteiger partial charge in [0, 0.05) is 24.6 Å². The van der Waals surface area contributed by atoms with Gasteiger partial charge in [-0.1, -0.05) is 6.07 Å². The zero-order valence-electron chi connectivity index (χ0n) is 13.7. The Kier molecular flexibility index (Phi) is 7.11. The SMILES string of the molecule is I.NC(=NCCNC(=O)c1cnccn1)Nc1ccc2c(c1)CCC2. The molecule has 0 saturated carbocycles. The van der Waals surface area contributed by atoms with E-state index in [0.717, 1.165) is 18.5 Å². The first-order valence-corrected chi connectivity index (χ1v) is 7.95. The molecule has 1 aromatic carbocycles. The van der Waals surface area contributed by atoms with Gasteiger partial charge in [0.2, 0.25) is 0 Å². The Hall–Kier alpha value is -2.23. The summed E-state index contributed by atoms with van der Waals surface area (Å²) in [6, 6.07) is 6.28. The molecule has 132 valence electrons. The number of carbonyl (C=O) groups is 1. The van der Waals surface area contributed by atoms with Crippen LogP contribution in [0.1, 0.15) is 28.0 Å². The Morgan fingerprint density at radius 1 is 1.24 bits per heavy atom. The molecular formula is C17H21IN6O. The number of hydrogen-bond donors (Lipinski definition) is 3. The Balaban J connectivity index is 0.00000225. The first kappa shape index (κ1) is 19.1. The molecule has 25 heavy (non-hydrogen) atoms. The zero-order chi connectivity index (χ0) is 16.8. The number of amides is 1. The number of benzene rings is 1. The summed E-state index contributed by atoms with van der Waals surface area (Å²) in [6.07, 6.45) is 7.91. The van der Waals surface area contributed by atoms with Gasteiger partial charge in [0.1, 0.15) is 5.69 Å². The van der Waals surface area contributed by atoms with Crippen molar-refractivity contribution in [3.63, 3.8) is 0 Å². The molecule has 4 N–H and O–H groups in total. The number of carbonyl (C=O) groups excluding carboxylic acids is 1. The smallest absolute Gasteiger partial charge is 0.271 e. The molecule has 1 heterocycles. The van der Waals surface area contributed by atoms with E-state index in [0.29, 0.717) is 19.0 Å². The monoisotopic (exact) mass is 452 g/mol. The molecular weight excluding hydrogens is 431 g/mol. The Morgan fingerprint density at radius 2 is 2.08 bits per heavy atom. The van der Waals surface area contributed by atoms with Crippen LogP contribution in [0.3, 0.4) is 0 Å². The number of fused-ring (bicyclic) bond motifs is 1. The molecule has 0 aliphatic heterocycles. The van der Waals surface area contributed by atoms with Crippen molar-refractivity contribution < 1.29 is 4.79 Å². The molecule has 0 fully saturated rings. The highest BCUT2D eigenvalue weighted by molar-refractivity contribution is 14.0. The highest BCUT2D eigenvalue weighted by atomic mass is 127. The summed E-state index contributed by atoms with van der Waals surface area (Å²) in [5.74, 6) is 0.0603. The molecule has 0 spiro atoms. The summed E-state index contributed by atoms with van der Waals surface area (Å²) in [6.45, 7) is 0.762. The molecule has 0 atom stereocenters. The van der Waals surface area contributed by atoms with E-state index < -0.39 is 0 Å². The topological polar surface area (TPSA) is 105 Å². The van der Waals surface area contributed by atoms with Crippen LogP contribution in [0.5, 0.6) is 0 Å². The van der Waals surface area contributed by atoms with Gasteiger partial charge < -0.3 is 16.4 Å². The minimum absolute atomic E-state index is 0. The Morgan fingerprint density at radius 3 is 2.88 bits per heavy atom. The first-order valence-electron chi connectivity index (χ1n) is 7.95. The van der Waals surface area contributed by atoms with Crippen molar-refractivity contribution in [2.75, 3.05) is 18.4 Å². The molecule has 8 heteroatoms. The standard InChI is InChI=1S/C17H20N6O.HI/c18-17(23-14-5-4-12-2-1-3-13(12)10-14)22-9-8-21-16(24)15-11-19-6-7-20-15;/h4-7,10-11H,1-3,8-9H2,(H,21,24)(H3,18,22,23);1H. The van der Waals surface area contributed by atoms with E-state index in [1.54, 1.807) is 0 Å². The Bertz CT molecular complexity index is 750. The number of nitrogens with one attached hydrogen (secondary N) is 2. The van der Waals surface area contributed by atoms with Crippen molar-refractivity contribution in [1.82, 2.24) is 15.3 Å². The van der Waals surface area contributed by atoms with Gasteiger partial charge >= 0.3 is 0 Å². The number of rotatable bonds is 5. The second kappa shape index (κ2) is 9.30. The second-order valence-electron chi connectivity index (χ2n) is 5.58. The van der Waals surface area contributed by atoms with Crippen LogP contribution in [0.15, 0.2) is 41.8 Å². The van der Waals surface area contributed by atoms with Crippen molar-refractivity contribution in [2.45, 2.75) is 19.3 Å². The van der Waals surface area contributed by atoms with Crippen LogP contribution in [0, 0.1) is 0 Å². The maximum atomic E-state index is 11.8. The third-order valence-electron chi connectivity index (χ3n) is 3.85. The van der Waals surface area contributed by atoms with Crippen LogP contribution < -0.4 is 16.4 Å².